The number of benzene rings is 1. The van der Waals surface area contributed by atoms with Crippen LogP contribution in [0.1, 0.15) is 63.8 Å². The number of piperazine rings is 1. The van der Waals surface area contributed by atoms with Gasteiger partial charge in [-0.25, -0.2) is 9.37 Å². The molecule has 3 fully saturated rings. The molecule has 1 aromatic carbocycles. The number of halogens is 1. The SMILES string of the molecule is Cc1ncsc1-c1ccc([C@H](CCN2CCNCC2)NC(=O)[C@@H]2C[C@@H](O)CN2C(=O)[C@@H](NC(=O)C2(F)CC2)C(C)(C)C)cc1. The zero-order valence-corrected chi connectivity index (χ0v) is 26.9. The molecule has 10 nitrogen and oxygen atoms in total. The summed E-state index contributed by atoms with van der Waals surface area (Å²) in [6.45, 7) is 11.8. The minimum atomic E-state index is -1.93. The van der Waals surface area contributed by atoms with Crippen LogP contribution in [0.5, 0.6) is 0 Å². The third kappa shape index (κ3) is 7.47. The minimum Gasteiger partial charge on any atom is -0.391 e. The van der Waals surface area contributed by atoms with Crippen molar-refractivity contribution in [1.82, 2.24) is 30.7 Å². The summed E-state index contributed by atoms with van der Waals surface area (Å²) in [7, 11) is 0. The van der Waals surface area contributed by atoms with Gasteiger partial charge in [-0.05, 0) is 42.7 Å². The van der Waals surface area contributed by atoms with Crippen LogP contribution in [0.2, 0.25) is 0 Å². The molecule has 1 aromatic heterocycles. The molecule has 0 bridgehead atoms. The first-order valence-corrected chi connectivity index (χ1v) is 16.5. The van der Waals surface area contributed by atoms with E-state index in [1.807, 2.05) is 36.7 Å². The smallest absolute Gasteiger partial charge is 0.258 e. The number of amides is 3. The highest BCUT2D eigenvalue weighted by molar-refractivity contribution is 7.13. The largest absolute Gasteiger partial charge is 0.391 e. The van der Waals surface area contributed by atoms with Gasteiger partial charge in [0.25, 0.3) is 5.91 Å². The van der Waals surface area contributed by atoms with Crippen LogP contribution in [0.25, 0.3) is 10.4 Å². The summed E-state index contributed by atoms with van der Waals surface area (Å²) in [6, 6.07) is 5.86. The van der Waals surface area contributed by atoms with Gasteiger partial charge in [-0.2, -0.15) is 0 Å². The number of β-amino-alcohol motifs (C(OH)–C–C–N with tert-alkyl or cyclic N) is 1. The Bertz CT molecular complexity index is 1330. The number of carbonyl (C=O) groups excluding carboxylic acids is 3. The molecular formula is C32H45FN6O4S. The molecule has 0 unspecified atom stereocenters. The molecule has 1 saturated carbocycles. The number of nitrogens with one attached hydrogen (secondary N) is 3. The molecule has 2 aromatic rings. The first-order valence-electron chi connectivity index (χ1n) is 15.6. The number of hydrogen-bond donors (Lipinski definition) is 4. The molecular weight excluding hydrogens is 583 g/mol. The predicted molar refractivity (Wildman–Crippen MR) is 168 cm³/mol. The number of likely N-dealkylation sites (tertiary alicyclic amines) is 1. The third-order valence-corrected chi connectivity index (χ3v) is 9.91. The maximum Gasteiger partial charge on any atom is 0.258 e. The maximum absolute atomic E-state index is 14.5. The van der Waals surface area contributed by atoms with E-state index in [0.717, 1.165) is 54.4 Å². The molecule has 5 rings (SSSR count). The summed E-state index contributed by atoms with van der Waals surface area (Å²) in [6.07, 6.45) is 0.147. The number of aryl methyl sites for hydroxylation is 1. The number of nitrogens with zero attached hydrogens (tertiary/aromatic N) is 3. The third-order valence-electron chi connectivity index (χ3n) is 8.93. The lowest BCUT2D eigenvalue weighted by atomic mass is 9.85. The van der Waals surface area contributed by atoms with Crippen molar-refractivity contribution in [3.05, 3.63) is 41.0 Å². The Hall–Kier alpha value is -2.93. The summed E-state index contributed by atoms with van der Waals surface area (Å²) in [4.78, 5) is 49.6. The minimum absolute atomic E-state index is 0.0333. The molecule has 44 heavy (non-hydrogen) atoms. The van der Waals surface area contributed by atoms with Gasteiger partial charge in [-0.3, -0.25) is 14.4 Å². The zero-order valence-electron chi connectivity index (χ0n) is 26.1. The van der Waals surface area contributed by atoms with E-state index < -0.39 is 41.1 Å². The highest BCUT2D eigenvalue weighted by Gasteiger charge is 2.53. The second-order valence-corrected chi connectivity index (χ2v) is 14.3. The summed E-state index contributed by atoms with van der Waals surface area (Å²) in [5.41, 5.74) is 2.14. The van der Waals surface area contributed by atoms with E-state index in [9.17, 15) is 23.9 Å². The van der Waals surface area contributed by atoms with Crippen LogP contribution in [0.4, 0.5) is 4.39 Å². The van der Waals surface area contributed by atoms with Crippen LogP contribution < -0.4 is 16.0 Å². The lowest BCUT2D eigenvalue weighted by molar-refractivity contribution is -0.145. The lowest BCUT2D eigenvalue weighted by Crippen LogP contribution is -2.59. The topological polar surface area (TPSA) is 127 Å². The Morgan fingerprint density at radius 3 is 2.43 bits per heavy atom. The Morgan fingerprint density at radius 2 is 1.84 bits per heavy atom. The Labute approximate surface area is 262 Å². The first kappa shape index (κ1) is 32.5. The molecule has 0 spiro atoms. The van der Waals surface area contributed by atoms with Crippen LogP contribution in [0.3, 0.4) is 0 Å². The zero-order chi connectivity index (χ0) is 31.6. The van der Waals surface area contributed by atoms with Crippen molar-refractivity contribution in [1.29, 1.82) is 0 Å². The second-order valence-electron chi connectivity index (χ2n) is 13.5. The molecule has 2 aliphatic heterocycles. The average molecular weight is 629 g/mol. The van der Waals surface area contributed by atoms with E-state index in [1.165, 1.54) is 4.90 Å². The number of hydrogen-bond acceptors (Lipinski definition) is 8. The van der Waals surface area contributed by atoms with Gasteiger partial charge in [0, 0.05) is 45.7 Å². The number of carbonyl (C=O) groups is 3. The van der Waals surface area contributed by atoms with Gasteiger partial charge in [0.15, 0.2) is 5.67 Å². The monoisotopic (exact) mass is 628 g/mol. The molecule has 0 radical (unpaired) electrons. The number of aromatic nitrogens is 1. The molecule has 4 atom stereocenters. The fourth-order valence-corrected chi connectivity index (χ4v) is 6.81. The summed E-state index contributed by atoms with van der Waals surface area (Å²) >= 11 is 1.59. The van der Waals surface area contributed by atoms with Crippen molar-refractivity contribution in [2.75, 3.05) is 39.3 Å². The second kappa shape index (κ2) is 13.2. The first-order chi connectivity index (χ1) is 20.9. The fraction of sp³-hybridized carbons (Fsp3) is 0.625. The predicted octanol–water partition coefficient (Wildman–Crippen LogP) is 2.57. The van der Waals surface area contributed by atoms with E-state index in [4.69, 9.17) is 0 Å². The lowest BCUT2D eigenvalue weighted by Gasteiger charge is -2.36. The van der Waals surface area contributed by atoms with Gasteiger partial charge >= 0.3 is 0 Å². The number of aliphatic hydroxyl groups is 1. The molecule has 240 valence electrons. The van der Waals surface area contributed by atoms with E-state index in [-0.39, 0.29) is 37.8 Å². The number of aliphatic hydroxyl groups excluding tert-OH is 1. The van der Waals surface area contributed by atoms with Gasteiger partial charge < -0.3 is 30.9 Å². The number of thiazole rings is 1. The summed E-state index contributed by atoms with van der Waals surface area (Å²) in [5.74, 6) is -1.64. The Morgan fingerprint density at radius 1 is 1.16 bits per heavy atom. The van der Waals surface area contributed by atoms with Crippen molar-refractivity contribution in [2.45, 2.75) is 83.3 Å². The van der Waals surface area contributed by atoms with Crippen LogP contribution >= 0.6 is 11.3 Å². The van der Waals surface area contributed by atoms with E-state index >= 15 is 0 Å². The molecule has 2 saturated heterocycles. The van der Waals surface area contributed by atoms with E-state index in [0.29, 0.717) is 6.42 Å². The van der Waals surface area contributed by atoms with E-state index in [2.05, 4.69) is 25.8 Å². The highest BCUT2D eigenvalue weighted by atomic mass is 32.1. The molecule has 3 amide bonds. The van der Waals surface area contributed by atoms with Crippen molar-refractivity contribution < 1.29 is 23.9 Å². The fourth-order valence-electron chi connectivity index (χ4n) is 6.00. The maximum atomic E-state index is 14.5. The van der Waals surface area contributed by atoms with Gasteiger partial charge in [0.2, 0.25) is 11.8 Å². The normalized spacial score (nSPS) is 23.2. The van der Waals surface area contributed by atoms with Gasteiger partial charge in [-0.1, -0.05) is 45.0 Å². The summed E-state index contributed by atoms with van der Waals surface area (Å²) < 4.78 is 14.5. The molecule has 3 aliphatic rings. The van der Waals surface area contributed by atoms with Crippen LogP contribution in [0, 0.1) is 12.3 Å². The van der Waals surface area contributed by atoms with Crippen molar-refractivity contribution in [3.63, 3.8) is 0 Å². The molecule has 4 N–H and O–H groups in total. The van der Waals surface area contributed by atoms with E-state index in [1.54, 1.807) is 32.1 Å². The van der Waals surface area contributed by atoms with Gasteiger partial charge in [0.05, 0.1) is 28.2 Å². The highest BCUT2D eigenvalue weighted by Crippen LogP contribution is 2.40. The van der Waals surface area contributed by atoms with Gasteiger partial charge in [0.1, 0.15) is 12.1 Å². The molecule has 12 heteroatoms. The standard InChI is InChI=1S/C32H45FN6O4S/c1-20-26(44-19-35-20)22-7-5-21(6-8-22)24(9-14-38-15-12-34-13-16-38)36-28(41)25-17-23(40)18-39(25)29(42)27(31(2,3)4)37-30(43)32(33)10-11-32/h5-8,19,23-25,27,34,40H,9-18H2,1-4H3,(H,36,41)(H,37,43)/t23-,24+,25+,27-/m1/s1. The Kier molecular flexibility index (Phi) is 9.74. The van der Waals surface area contributed by atoms with Gasteiger partial charge in [-0.15, -0.1) is 11.3 Å². The average Bonchev–Trinajstić information content (AvgIpc) is 3.40. The Balaban J connectivity index is 1.34. The van der Waals surface area contributed by atoms with Crippen LogP contribution in [-0.2, 0) is 14.4 Å². The van der Waals surface area contributed by atoms with Crippen molar-refractivity contribution in [3.8, 4) is 10.4 Å². The van der Waals surface area contributed by atoms with Crippen LogP contribution in [-0.4, -0.2) is 101 Å². The number of rotatable bonds is 10. The number of alkyl halides is 1. The van der Waals surface area contributed by atoms with Crippen molar-refractivity contribution >= 4 is 29.1 Å². The van der Waals surface area contributed by atoms with Crippen LogP contribution in [0.15, 0.2) is 29.8 Å². The van der Waals surface area contributed by atoms with Crippen molar-refractivity contribution in [2.24, 2.45) is 5.41 Å². The molecule has 3 heterocycles. The summed E-state index contributed by atoms with van der Waals surface area (Å²) in [5, 5.41) is 19.8. The molecule has 1 aliphatic carbocycles. The quantitative estimate of drug-likeness (QED) is 0.319.